The molecule has 0 saturated heterocycles. The Morgan fingerprint density at radius 2 is 0.527 bits per heavy atom. The molecule has 0 rings (SSSR count). The molecule has 15 nitrogen and oxygen atoms in total. The smallest absolute Gasteiger partial charge is 0.303 e. The summed E-state index contributed by atoms with van der Waals surface area (Å²) in [5, 5.41) is 34.3. The van der Waals surface area contributed by atoms with Gasteiger partial charge < -0.3 is 43.7 Å². The largest absolute Gasteiger partial charge is 0.481 e. The number of nitrogens with one attached hydrogen (secondary N) is 3. The maximum atomic E-state index is 10.2. The van der Waals surface area contributed by atoms with Gasteiger partial charge in [0.25, 0.3) is 0 Å². The predicted molar refractivity (Wildman–Crippen MR) is 220 cm³/mol. The van der Waals surface area contributed by atoms with Crippen LogP contribution in [0.1, 0.15) is 164 Å². The molecule has 6 N–H and O–H groups in total. The van der Waals surface area contributed by atoms with Crippen LogP contribution in [0.5, 0.6) is 0 Å². The minimum absolute atomic E-state index is 0.0555. The Balaban J connectivity index is -0.000000193. The normalized spacial score (nSPS) is 13.7. The molecule has 6 unspecified atom stereocenters. The van der Waals surface area contributed by atoms with E-state index >= 15 is 0 Å². The van der Waals surface area contributed by atoms with Crippen molar-refractivity contribution in [3.63, 3.8) is 0 Å². The molecule has 0 radical (unpaired) electrons. The van der Waals surface area contributed by atoms with Gasteiger partial charge in [-0.25, -0.2) is 0 Å². The fourth-order valence-corrected chi connectivity index (χ4v) is 4.25. The average Bonchev–Trinajstić information content (AvgIpc) is 3.15. The zero-order valence-electron chi connectivity index (χ0n) is 37.2. The maximum absolute atomic E-state index is 10.2. The molecule has 0 aromatic heterocycles. The van der Waals surface area contributed by atoms with Gasteiger partial charge in [-0.1, -0.05) is 84.0 Å². The molecular formula is C40H87N3O12. The number of unbranched alkanes of at least 4 members (excludes halogenated alkanes) is 13. The van der Waals surface area contributed by atoms with Crippen LogP contribution in [0.2, 0.25) is 0 Å². The van der Waals surface area contributed by atoms with Crippen molar-refractivity contribution in [3.05, 3.63) is 0 Å². The summed E-state index contributed by atoms with van der Waals surface area (Å²) in [5.74, 6) is -2.11. The van der Waals surface area contributed by atoms with E-state index in [1.165, 1.54) is 38.5 Å². The molecule has 0 spiro atoms. The molecule has 15 heteroatoms. The van der Waals surface area contributed by atoms with E-state index in [0.717, 1.165) is 57.8 Å². The van der Waals surface area contributed by atoms with Gasteiger partial charge in [-0.05, 0) is 60.8 Å². The standard InChI is InChI=1S/C11H20O4.C11H22O2.3C6H15NO2/c12-10(13)8-6-4-2-1-3-5-7-9-11(14)15;1-2-3-4-5-6-7-8-9-10-11(12)13;3*1-5(8-3)7-6(2)9-4/h1-9H2,(H,12,13)(H,14,15);2-10H2,1H3,(H,12,13);3*5-7H,1-4H3. The molecular weight excluding hydrogens is 714 g/mol. The van der Waals surface area contributed by atoms with Crippen molar-refractivity contribution in [2.45, 2.75) is 201 Å². The van der Waals surface area contributed by atoms with Crippen molar-refractivity contribution in [1.29, 1.82) is 0 Å². The lowest BCUT2D eigenvalue weighted by atomic mass is 10.1. The molecule has 0 aliphatic carbocycles. The third-order valence-electron chi connectivity index (χ3n) is 8.06. The summed E-state index contributed by atoms with van der Waals surface area (Å²) in [6, 6.07) is 0. The van der Waals surface area contributed by atoms with E-state index in [0.29, 0.717) is 6.42 Å². The van der Waals surface area contributed by atoms with Gasteiger partial charge in [0.2, 0.25) is 0 Å². The van der Waals surface area contributed by atoms with E-state index < -0.39 is 17.9 Å². The highest BCUT2D eigenvalue weighted by atomic mass is 16.5. The predicted octanol–water partition coefficient (Wildman–Crippen LogP) is 7.95. The molecule has 0 aromatic carbocycles. The lowest BCUT2D eigenvalue weighted by Gasteiger charge is -2.16. The van der Waals surface area contributed by atoms with Crippen molar-refractivity contribution in [3.8, 4) is 0 Å². The van der Waals surface area contributed by atoms with Crippen LogP contribution in [0.15, 0.2) is 0 Å². The second kappa shape index (κ2) is 50.1. The van der Waals surface area contributed by atoms with E-state index in [1.54, 1.807) is 42.7 Å². The minimum atomic E-state index is -0.726. The summed E-state index contributed by atoms with van der Waals surface area (Å²) < 4.78 is 29.6. The monoisotopic (exact) mass is 802 g/mol. The second-order valence-electron chi connectivity index (χ2n) is 13.1. The third kappa shape index (κ3) is 67.2. The number of carboxylic acids is 3. The van der Waals surface area contributed by atoms with E-state index in [-0.39, 0.29) is 50.2 Å². The van der Waals surface area contributed by atoms with Gasteiger partial charge in [0.15, 0.2) is 0 Å². The fourth-order valence-electron chi connectivity index (χ4n) is 4.25. The van der Waals surface area contributed by atoms with Gasteiger partial charge in [0.1, 0.15) is 37.4 Å². The number of methoxy groups -OCH3 is 6. The molecule has 0 heterocycles. The van der Waals surface area contributed by atoms with Crippen LogP contribution in [0.25, 0.3) is 0 Å². The Labute approximate surface area is 335 Å². The molecule has 0 aromatic rings. The number of hydrogen-bond acceptors (Lipinski definition) is 12. The first-order chi connectivity index (χ1) is 26.0. The van der Waals surface area contributed by atoms with Gasteiger partial charge in [-0.2, -0.15) is 0 Å². The number of hydrogen-bond donors (Lipinski definition) is 6. The highest BCUT2D eigenvalue weighted by Gasteiger charge is 2.04. The van der Waals surface area contributed by atoms with Crippen LogP contribution in [0, 0.1) is 0 Å². The number of carbonyl (C=O) groups is 3. The SMILES string of the molecule is CCCCCCCCCCC(=O)O.COC(C)NC(C)OC.COC(C)NC(C)OC.COC(C)NC(C)OC.O=C(O)CCCCCCCCCC(=O)O. The zero-order valence-corrected chi connectivity index (χ0v) is 37.2. The summed E-state index contributed by atoms with van der Waals surface area (Å²) in [6.45, 7) is 13.8. The van der Waals surface area contributed by atoms with E-state index in [4.69, 9.17) is 43.7 Å². The van der Waals surface area contributed by atoms with Gasteiger partial charge in [0.05, 0.1) is 0 Å². The summed E-state index contributed by atoms with van der Waals surface area (Å²) >= 11 is 0. The van der Waals surface area contributed by atoms with Crippen molar-refractivity contribution in [2.24, 2.45) is 0 Å². The molecule has 0 aliphatic heterocycles. The van der Waals surface area contributed by atoms with E-state index in [2.05, 4.69) is 22.9 Å². The van der Waals surface area contributed by atoms with Crippen LogP contribution in [0.3, 0.4) is 0 Å². The van der Waals surface area contributed by atoms with Crippen LogP contribution < -0.4 is 16.0 Å². The maximum Gasteiger partial charge on any atom is 0.303 e. The van der Waals surface area contributed by atoms with Crippen molar-refractivity contribution in [2.75, 3.05) is 42.7 Å². The van der Waals surface area contributed by atoms with Gasteiger partial charge in [-0.15, -0.1) is 0 Å². The molecule has 0 bridgehead atoms. The summed E-state index contributed by atoms with van der Waals surface area (Å²) in [5.41, 5.74) is 0. The molecule has 55 heavy (non-hydrogen) atoms. The Morgan fingerprint density at radius 1 is 0.364 bits per heavy atom. The summed E-state index contributed by atoms with van der Waals surface area (Å²) in [4.78, 5) is 30.5. The molecule has 0 saturated carbocycles. The van der Waals surface area contributed by atoms with Crippen LogP contribution in [-0.4, -0.2) is 113 Å². The highest BCUT2D eigenvalue weighted by molar-refractivity contribution is 5.67. The minimum Gasteiger partial charge on any atom is -0.481 e. The zero-order chi connectivity index (χ0) is 43.3. The number of aliphatic carboxylic acids is 3. The van der Waals surface area contributed by atoms with Crippen molar-refractivity contribution >= 4 is 17.9 Å². The first-order valence-corrected chi connectivity index (χ1v) is 20.1. The molecule has 0 amide bonds. The van der Waals surface area contributed by atoms with Gasteiger partial charge in [-0.3, -0.25) is 30.3 Å². The highest BCUT2D eigenvalue weighted by Crippen LogP contribution is 2.10. The van der Waals surface area contributed by atoms with Crippen LogP contribution in [0.4, 0.5) is 0 Å². The first kappa shape index (κ1) is 62.3. The lowest BCUT2D eigenvalue weighted by molar-refractivity contribution is -0.138. The van der Waals surface area contributed by atoms with Crippen molar-refractivity contribution in [1.82, 2.24) is 16.0 Å². The lowest BCUT2D eigenvalue weighted by Crippen LogP contribution is -2.36. The molecule has 0 fully saturated rings. The topological polar surface area (TPSA) is 203 Å². The van der Waals surface area contributed by atoms with Crippen LogP contribution in [-0.2, 0) is 42.8 Å². The summed E-state index contributed by atoms with van der Waals surface area (Å²) in [7, 11) is 9.92. The number of rotatable bonds is 31. The van der Waals surface area contributed by atoms with E-state index in [9.17, 15) is 14.4 Å². The van der Waals surface area contributed by atoms with Crippen LogP contribution >= 0.6 is 0 Å². The Morgan fingerprint density at radius 3 is 0.673 bits per heavy atom. The van der Waals surface area contributed by atoms with Crippen molar-refractivity contribution < 1.29 is 58.1 Å². The Hall–Kier alpha value is -1.95. The number of carboxylic acid groups (broad SMARTS) is 3. The third-order valence-corrected chi connectivity index (χ3v) is 8.06. The molecule has 6 atom stereocenters. The van der Waals surface area contributed by atoms with E-state index in [1.807, 2.05) is 41.5 Å². The quantitative estimate of drug-likeness (QED) is 0.0291. The molecule has 0 aliphatic rings. The summed E-state index contributed by atoms with van der Waals surface area (Å²) in [6.07, 6.45) is 17.5. The second-order valence-corrected chi connectivity index (χ2v) is 13.1. The number of ether oxygens (including phenoxy) is 6. The molecule has 334 valence electrons. The fraction of sp³-hybridized carbons (Fsp3) is 0.925. The average molecular weight is 802 g/mol. The van der Waals surface area contributed by atoms with Gasteiger partial charge in [0, 0.05) is 61.9 Å². The van der Waals surface area contributed by atoms with Gasteiger partial charge >= 0.3 is 17.9 Å². The first-order valence-electron chi connectivity index (χ1n) is 20.1. The Kier molecular flexibility index (Phi) is 56.7. The Bertz CT molecular complexity index is 712.